The first-order valence-electron chi connectivity index (χ1n) is 3.07. The van der Waals surface area contributed by atoms with Crippen LogP contribution in [0, 0.1) is 0 Å². The zero-order valence-corrected chi connectivity index (χ0v) is 7.07. The minimum Gasteiger partial charge on any atom is -0.388 e. The van der Waals surface area contributed by atoms with Crippen molar-refractivity contribution < 1.29 is 0 Å². The Labute approximate surface area is 67.1 Å². The van der Waals surface area contributed by atoms with Gasteiger partial charge < -0.3 is 5.32 Å². The fourth-order valence-corrected chi connectivity index (χ4v) is 0.669. The summed E-state index contributed by atoms with van der Waals surface area (Å²) in [5.41, 5.74) is 0.961. The van der Waals surface area contributed by atoms with Gasteiger partial charge in [-0.1, -0.05) is 24.3 Å². The molecular weight excluding hydrogens is 146 g/mol. The van der Waals surface area contributed by atoms with Gasteiger partial charge in [0, 0.05) is 17.8 Å². The van der Waals surface area contributed by atoms with Gasteiger partial charge in [-0.05, 0) is 19.1 Å². The van der Waals surface area contributed by atoms with Crippen LogP contribution in [-0.4, -0.2) is 7.05 Å². The Bertz CT molecular complexity index is 168. The third kappa shape index (κ3) is 4.21. The summed E-state index contributed by atoms with van der Waals surface area (Å²) in [5.74, 6) is 0. The molecule has 0 amide bonds. The molecule has 0 aliphatic carbocycles. The van der Waals surface area contributed by atoms with Gasteiger partial charge in [-0.3, -0.25) is 0 Å². The second-order valence-corrected chi connectivity index (χ2v) is 2.28. The van der Waals surface area contributed by atoms with Crippen molar-refractivity contribution in [3.8, 4) is 0 Å². The molecule has 1 nitrogen and oxygen atoms in total. The highest BCUT2D eigenvalue weighted by Gasteiger charge is 1.85. The summed E-state index contributed by atoms with van der Waals surface area (Å²) < 4.78 is 0. The van der Waals surface area contributed by atoms with Gasteiger partial charge in [-0.2, -0.15) is 0 Å². The van der Waals surface area contributed by atoms with Gasteiger partial charge in [-0.25, -0.2) is 0 Å². The van der Waals surface area contributed by atoms with Crippen LogP contribution >= 0.6 is 11.6 Å². The molecule has 0 saturated heterocycles. The van der Waals surface area contributed by atoms with E-state index in [0.717, 1.165) is 5.70 Å². The average molecular weight is 158 g/mol. The van der Waals surface area contributed by atoms with Crippen molar-refractivity contribution in [1.82, 2.24) is 5.32 Å². The summed E-state index contributed by atoms with van der Waals surface area (Å²) in [5, 5.41) is 3.49. The summed E-state index contributed by atoms with van der Waals surface area (Å²) in [6.45, 7) is 5.49. The van der Waals surface area contributed by atoms with Crippen LogP contribution in [0.15, 0.2) is 35.5 Å². The SMILES string of the molecule is C=C(Cl)/C=C(\C=C/C)NC. The van der Waals surface area contributed by atoms with Gasteiger partial charge in [-0.15, -0.1) is 0 Å². The molecule has 0 aliphatic rings. The first-order valence-corrected chi connectivity index (χ1v) is 3.45. The third-order valence-corrected chi connectivity index (χ3v) is 1.06. The van der Waals surface area contributed by atoms with Crippen LogP contribution in [-0.2, 0) is 0 Å². The molecule has 0 aromatic carbocycles. The molecule has 0 heterocycles. The zero-order valence-electron chi connectivity index (χ0n) is 6.32. The number of halogens is 1. The van der Waals surface area contributed by atoms with Crippen molar-refractivity contribution in [2.45, 2.75) is 6.92 Å². The predicted octanol–water partition coefficient (Wildman–Crippen LogP) is 2.42. The van der Waals surface area contributed by atoms with Gasteiger partial charge in [0.25, 0.3) is 0 Å². The lowest BCUT2D eigenvalue weighted by Crippen LogP contribution is -2.02. The molecule has 0 unspecified atom stereocenters. The molecule has 10 heavy (non-hydrogen) atoms. The quantitative estimate of drug-likeness (QED) is 0.621. The molecule has 1 N–H and O–H groups in total. The fraction of sp³-hybridized carbons (Fsp3) is 0.250. The van der Waals surface area contributed by atoms with Crippen LogP contribution in [0.25, 0.3) is 0 Å². The predicted molar refractivity (Wildman–Crippen MR) is 46.9 cm³/mol. The van der Waals surface area contributed by atoms with E-state index in [-0.39, 0.29) is 0 Å². The van der Waals surface area contributed by atoms with E-state index in [1.807, 2.05) is 26.1 Å². The summed E-state index contributed by atoms with van der Waals surface area (Å²) in [6.07, 6.45) is 5.62. The Morgan fingerprint density at radius 2 is 2.20 bits per heavy atom. The first kappa shape index (κ1) is 9.31. The molecule has 0 spiro atoms. The maximum Gasteiger partial charge on any atom is 0.0354 e. The summed E-state index contributed by atoms with van der Waals surface area (Å²) in [4.78, 5) is 0. The van der Waals surface area contributed by atoms with E-state index in [0.29, 0.717) is 5.03 Å². The molecule has 0 radical (unpaired) electrons. The largest absolute Gasteiger partial charge is 0.388 e. The van der Waals surface area contributed by atoms with Crippen LogP contribution in [0.1, 0.15) is 6.92 Å². The minimum atomic E-state index is 0.530. The highest BCUT2D eigenvalue weighted by atomic mass is 35.5. The molecular formula is C8H12ClN. The number of hydrogen-bond acceptors (Lipinski definition) is 1. The van der Waals surface area contributed by atoms with E-state index in [1.54, 1.807) is 6.08 Å². The van der Waals surface area contributed by atoms with Crippen LogP contribution in [0.3, 0.4) is 0 Å². The highest BCUT2D eigenvalue weighted by molar-refractivity contribution is 6.30. The van der Waals surface area contributed by atoms with Crippen molar-refractivity contribution in [1.29, 1.82) is 0 Å². The number of rotatable bonds is 3. The monoisotopic (exact) mass is 157 g/mol. The maximum atomic E-state index is 5.54. The summed E-state index contributed by atoms with van der Waals surface area (Å²) in [6, 6.07) is 0. The fourth-order valence-electron chi connectivity index (χ4n) is 0.552. The van der Waals surface area contributed by atoms with E-state index in [1.165, 1.54) is 0 Å². The van der Waals surface area contributed by atoms with Crippen molar-refractivity contribution in [2.24, 2.45) is 0 Å². The third-order valence-electron chi connectivity index (χ3n) is 0.947. The minimum absolute atomic E-state index is 0.530. The maximum absolute atomic E-state index is 5.54. The van der Waals surface area contributed by atoms with Crippen molar-refractivity contribution in [3.05, 3.63) is 35.5 Å². The normalized spacial score (nSPS) is 12.1. The lowest BCUT2D eigenvalue weighted by Gasteiger charge is -1.97. The molecule has 2 heteroatoms. The lowest BCUT2D eigenvalue weighted by molar-refractivity contribution is 1.03. The summed E-state index contributed by atoms with van der Waals surface area (Å²) in [7, 11) is 1.84. The van der Waals surface area contributed by atoms with Gasteiger partial charge in [0.05, 0.1) is 0 Å². The standard InChI is InChI=1S/C8H12ClN/c1-4-5-8(10-3)6-7(2)9/h4-6,10H,2H2,1,3H3/b5-4-,8-6+. The summed E-state index contributed by atoms with van der Waals surface area (Å²) >= 11 is 5.54. The van der Waals surface area contributed by atoms with Crippen LogP contribution in [0.2, 0.25) is 0 Å². The molecule has 0 aliphatic heterocycles. The zero-order chi connectivity index (χ0) is 7.98. The Balaban J connectivity index is 4.18. The van der Waals surface area contributed by atoms with Crippen molar-refractivity contribution in [3.63, 3.8) is 0 Å². The number of allylic oxidation sites excluding steroid dienone is 4. The molecule has 0 saturated carbocycles. The first-order chi connectivity index (χ1) is 4.70. The van der Waals surface area contributed by atoms with Crippen molar-refractivity contribution in [2.75, 3.05) is 7.05 Å². The molecule has 0 aromatic rings. The number of likely N-dealkylation sites (N-methyl/N-ethyl adjacent to an activating group) is 1. The number of nitrogens with one attached hydrogen (secondary N) is 1. The van der Waals surface area contributed by atoms with Crippen LogP contribution in [0.4, 0.5) is 0 Å². The molecule has 0 aromatic heterocycles. The Kier molecular flexibility index (Phi) is 4.77. The number of hydrogen-bond donors (Lipinski definition) is 1. The van der Waals surface area contributed by atoms with E-state index in [2.05, 4.69) is 11.9 Å². The molecule has 0 atom stereocenters. The van der Waals surface area contributed by atoms with Gasteiger partial charge in [0.15, 0.2) is 0 Å². The lowest BCUT2D eigenvalue weighted by atomic mass is 10.3. The molecule has 0 bridgehead atoms. The second kappa shape index (κ2) is 5.12. The molecule has 0 rings (SSSR count). The Morgan fingerprint density at radius 1 is 1.60 bits per heavy atom. The van der Waals surface area contributed by atoms with E-state index in [9.17, 15) is 0 Å². The second-order valence-electron chi connectivity index (χ2n) is 1.80. The Morgan fingerprint density at radius 3 is 2.50 bits per heavy atom. The van der Waals surface area contributed by atoms with Crippen molar-refractivity contribution >= 4 is 11.6 Å². The van der Waals surface area contributed by atoms with E-state index >= 15 is 0 Å². The topological polar surface area (TPSA) is 12.0 Å². The van der Waals surface area contributed by atoms with Gasteiger partial charge >= 0.3 is 0 Å². The van der Waals surface area contributed by atoms with E-state index < -0.39 is 0 Å². The highest BCUT2D eigenvalue weighted by Crippen LogP contribution is 2.02. The Hall–Kier alpha value is -0.690. The molecule has 0 fully saturated rings. The molecule has 56 valence electrons. The average Bonchev–Trinajstić information content (AvgIpc) is 1.86. The van der Waals surface area contributed by atoms with Gasteiger partial charge in [0.1, 0.15) is 0 Å². The van der Waals surface area contributed by atoms with Crippen LogP contribution in [0.5, 0.6) is 0 Å². The van der Waals surface area contributed by atoms with Crippen LogP contribution < -0.4 is 5.32 Å². The van der Waals surface area contributed by atoms with Gasteiger partial charge in [0.2, 0.25) is 0 Å². The van der Waals surface area contributed by atoms with E-state index in [4.69, 9.17) is 11.6 Å². The smallest absolute Gasteiger partial charge is 0.0354 e.